The molecule has 0 radical (unpaired) electrons. The van der Waals surface area contributed by atoms with Gasteiger partial charge in [-0.25, -0.2) is 0 Å². The van der Waals surface area contributed by atoms with Gasteiger partial charge in [-0.2, -0.15) is 0 Å². The van der Waals surface area contributed by atoms with Crippen molar-refractivity contribution in [1.82, 2.24) is 0 Å². The molecule has 0 bridgehead atoms. The maximum Gasteiger partial charge on any atom is 0.0698 e. The maximum absolute atomic E-state index is 8.53. The zero-order valence-electron chi connectivity index (χ0n) is 9.98. The third-order valence-electron chi connectivity index (χ3n) is 2.28. The van der Waals surface area contributed by atoms with Crippen molar-refractivity contribution in [2.75, 3.05) is 25.6 Å². The summed E-state index contributed by atoms with van der Waals surface area (Å²) in [5.74, 6) is 1.52. The summed E-state index contributed by atoms with van der Waals surface area (Å²) in [6, 6.07) is 8.68. The molecule has 0 spiro atoms. The summed E-state index contributed by atoms with van der Waals surface area (Å²) >= 11 is 1.78. The highest BCUT2D eigenvalue weighted by atomic mass is 32.2. The second-order valence-electron chi connectivity index (χ2n) is 3.91. The van der Waals surface area contributed by atoms with E-state index in [9.17, 15) is 0 Å². The number of aliphatic hydroxyl groups is 1. The molecule has 3 heteroatoms. The van der Waals surface area contributed by atoms with Gasteiger partial charge in [-0.1, -0.05) is 26.0 Å². The average Bonchev–Trinajstić information content (AvgIpc) is 2.29. The summed E-state index contributed by atoms with van der Waals surface area (Å²) in [7, 11) is 0. The van der Waals surface area contributed by atoms with Crippen LogP contribution in [0.3, 0.4) is 0 Å². The molecule has 2 nitrogen and oxygen atoms in total. The highest BCUT2D eigenvalue weighted by Crippen LogP contribution is 2.21. The van der Waals surface area contributed by atoms with Crippen LogP contribution in [-0.2, 0) is 4.74 Å². The van der Waals surface area contributed by atoms with Crippen LogP contribution < -0.4 is 0 Å². The Morgan fingerprint density at radius 1 is 1.19 bits per heavy atom. The molecule has 1 aromatic carbocycles. The van der Waals surface area contributed by atoms with E-state index in [2.05, 4.69) is 38.1 Å². The van der Waals surface area contributed by atoms with E-state index in [1.54, 1.807) is 11.8 Å². The van der Waals surface area contributed by atoms with Crippen LogP contribution in [0.5, 0.6) is 0 Å². The summed E-state index contributed by atoms with van der Waals surface area (Å²) in [5.41, 5.74) is 1.38. The number of thioether (sulfide) groups is 1. The van der Waals surface area contributed by atoms with Gasteiger partial charge >= 0.3 is 0 Å². The Bertz CT molecular complexity index is 282. The molecule has 0 amide bonds. The Morgan fingerprint density at radius 3 is 2.44 bits per heavy atom. The number of benzene rings is 1. The maximum atomic E-state index is 8.53. The zero-order valence-corrected chi connectivity index (χ0v) is 10.8. The first-order valence-corrected chi connectivity index (χ1v) is 6.64. The molecule has 0 aromatic heterocycles. The molecule has 0 unspecified atom stereocenters. The first-order valence-electron chi connectivity index (χ1n) is 5.65. The predicted molar refractivity (Wildman–Crippen MR) is 69.2 cm³/mol. The van der Waals surface area contributed by atoms with E-state index in [1.165, 1.54) is 10.5 Å². The highest BCUT2D eigenvalue weighted by molar-refractivity contribution is 7.99. The van der Waals surface area contributed by atoms with E-state index in [1.807, 2.05) is 0 Å². The van der Waals surface area contributed by atoms with E-state index in [0.29, 0.717) is 19.1 Å². The largest absolute Gasteiger partial charge is 0.394 e. The first kappa shape index (κ1) is 13.6. The second-order valence-corrected chi connectivity index (χ2v) is 5.08. The van der Waals surface area contributed by atoms with Gasteiger partial charge in [-0.05, 0) is 23.6 Å². The third-order valence-corrected chi connectivity index (χ3v) is 3.26. The summed E-state index contributed by atoms with van der Waals surface area (Å²) < 4.78 is 5.20. The van der Waals surface area contributed by atoms with Crippen molar-refractivity contribution < 1.29 is 9.84 Å². The topological polar surface area (TPSA) is 29.5 Å². The van der Waals surface area contributed by atoms with Crippen LogP contribution in [0, 0.1) is 0 Å². The third kappa shape index (κ3) is 5.01. The van der Waals surface area contributed by atoms with Crippen molar-refractivity contribution in [2.45, 2.75) is 24.7 Å². The van der Waals surface area contributed by atoms with Crippen molar-refractivity contribution in [1.29, 1.82) is 0 Å². The molecule has 1 aromatic rings. The van der Waals surface area contributed by atoms with Gasteiger partial charge in [-0.3, -0.25) is 0 Å². The number of rotatable bonds is 7. The minimum atomic E-state index is 0.105. The lowest BCUT2D eigenvalue weighted by molar-refractivity contribution is 0.103. The fraction of sp³-hybridized carbons (Fsp3) is 0.538. The van der Waals surface area contributed by atoms with Crippen LogP contribution in [0.1, 0.15) is 25.3 Å². The summed E-state index contributed by atoms with van der Waals surface area (Å²) in [4.78, 5) is 1.27. The lowest BCUT2D eigenvalue weighted by Crippen LogP contribution is -2.02. The van der Waals surface area contributed by atoms with Crippen molar-refractivity contribution in [3.63, 3.8) is 0 Å². The molecule has 0 saturated heterocycles. The Kier molecular flexibility index (Phi) is 6.53. The van der Waals surface area contributed by atoms with Gasteiger partial charge in [-0.15, -0.1) is 11.8 Å². The van der Waals surface area contributed by atoms with Crippen molar-refractivity contribution in [3.05, 3.63) is 29.8 Å². The molecule has 0 saturated carbocycles. The normalized spacial score (nSPS) is 11.0. The van der Waals surface area contributed by atoms with E-state index in [-0.39, 0.29) is 6.61 Å². The van der Waals surface area contributed by atoms with Gasteiger partial charge in [0.05, 0.1) is 19.8 Å². The number of ether oxygens (including phenoxy) is 1. The van der Waals surface area contributed by atoms with E-state index in [4.69, 9.17) is 9.84 Å². The lowest BCUT2D eigenvalue weighted by Gasteiger charge is -2.06. The van der Waals surface area contributed by atoms with Gasteiger partial charge in [0.2, 0.25) is 0 Å². The summed E-state index contributed by atoms with van der Waals surface area (Å²) in [6.45, 7) is 5.63. The Balaban J connectivity index is 2.27. The quantitative estimate of drug-likeness (QED) is 0.587. The number of hydrogen-bond donors (Lipinski definition) is 1. The SMILES string of the molecule is CC(C)c1ccc(SCCOCCO)cc1. The fourth-order valence-corrected chi connectivity index (χ4v) is 2.10. The van der Waals surface area contributed by atoms with Crippen molar-refractivity contribution >= 4 is 11.8 Å². The molecule has 0 aliphatic heterocycles. The molecular formula is C13H20O2S. The summed E-state index contributed by atoms with van der Waals surface area (Å²) in [5, 5.41) is 8.53. The second kappa shape index (κ2) is 7.71. The lowest BCUT2D eigenvalue weighted by atomic mass is 10.0. The summed E-state index contributed by atoms with van der Waals surface area (Å²) in [6.07, 6.45) is 0. The molecule has 0 fully saturated rings. The molecule has 0 aliphatic rings. The number of aliphatic hydroxyl groups excluding tert-OH is 1. The molecule has 1 rings (SSSR count). The molecular weight excluding hydrogens is 220 g/mol. The molecule has 0 heterocycles. The van der Waals surface area contributed by atoms with E-state index in [0.717, 1.165) is 5.75 Å². The minimum absolute atomic E-state index is 0.105. The molecule has 0 aliphatic carbocycles. The monoisotopic (exact) mass is 240 g/mol. The Labute approximate surface area is 102 Å². The van der Waals surface area contributed by atoms with Crippen LogP contribution in [0.2, 0.25) is 0 Å². The number of hydrogen-bond acceptors (Lipinski definition) is 3. The van der Waals surface area contributed by atoms with Crippen molar-refractivity contribution in [2.24, 2.45) is 0 Å². The van der Waals surface area contributed by atoms with E-state index >= 15 is 0 Å². The molecule has 1 N–H and O–H groups in total. The van der Waals surface area contributed by atoms with Crippen LogP contribution in [0.15, 0.2) is 29.2 Å². The van der Waals surface area contributed by atoms with Gasteiger partial charge in [0, 0.05) is 10.6 Å². The zero-order chi connectivity index (χ0) is 11.8. The Morgan fingerprint density at radius 2 is 1.88 bits per heavy atom. The highest BCUT2D eigenvalue weighted by Gasteiger charge is 1.99. The van der Waals surface area contributed by atoms with Crippen LogP contribution >= 0.6 is 11.8 Å². The fourth-order valence-electron chi connectivity index (χ4n) is 1.33. The van der Waals surface area contributed by atoms with Gasteiger partial charge in [0.1, 0.15) is 0 Å². The minimum Gasteiger partial charge on any atom is -0.394 e. The standard InChI is InChI=1S/C13H20O2S/c1-11(2)12-3-5-13(6-4-12)16-10-9-15-8-7-14/h3-6,11,14H,7-10H2,1-2H3. The predicted octanol–water partition coefficient (Wildman–Crippen LogP) is 2.91. The van der Waals surface area contributed by atoms with Gasteiger partial charge < -0.3 is 9.84 Å². The van der Waals surface area contributed by atoms with Gasteiger partial charge in [0.15, 0.2) is 0 Å². The first-order chi connectivity index (χ1) is 7.74. The average molecular weight is 240 g/mol. The van der Waals surface area contributed by atoms with Crippen molar-refractivity contribution in [3.8, 4) is 0 Å². The van der Waals surface area contributed by atoms with Crippen LogP contribution in [0.25, 0.3) is 0 Å². The van der Waals surface area contributed by atoms with E-state index < -0.39 is 0 Å². The molecule has 0 atom stereocenters. The Hall–Kier alpha value is -0.510. The molecule has 16 heavy (non-hydrogen) atoms. The van der Waals surface area contributed by atoms with Gasteiger partial charge in [0.25, 0.3) is 0 Å². The van der Waals surface area contributed by atoms with Crippen LogP contribution in [0.4, 0.5) is 0 Å². The smallest absolute Gasteiger partial charge is 0.0698 e. The molecule has 90 valence electrons. The van der Waals surface area contributed by atoms with Crippen LogP contribution in [-0.4, -0.2) is 30.7 Å².